The SMILES string of the molecule is Cc1cccc(C2(C(=O)NCc3nnc4n3CCC4)CCCC2)c1. The van der Waals surface area contributed by atoms with Gasteiger partial charge in [-0.15, -0.1) is 10.2 Å². The fourth-order valence-corrected chi connectivity index (χ4v) is 4.24. The molecule has 1 aliphatic heterocycles. The molecule has 1 N–H and O–H groups in total. The number of aryl methyl sites for hydroxylation is 2. The molecule has 4 rings (SSSR count). The number of aromatic nitrogens is 3. The Bertz CT molecular complexity index is 758. The zero-order chi connectivity index (χ0) is 16.6. The molecule has 1 amide bonds. The van der Waals surface area contributed by atoms with Crippen molar-refractivity contribution in [1.29, 1.82) is 0 Å². The van der Waals surface area contributed by atoms with E-state index in [-0.39, 0.29) is 11.3 Å². The van der Waals surface area contributed by atoms with E-state index in [1.165, 1.54) is 5.56 Å². The molecule has 1 aromatic carbocycles. The molecule has 0 radical (unpaired) electrons. The van der Waals surface area contributed by atoms with Crippen LogP contribution >= 0.6 is 0 Å². The molecule has 2 aromatic rings. The van der Waals surface area contributed by atoms with E-state index in [9.17, 15) is 4.79 Å². The van der Waals surface area contributed by atoms with Crippen molar-refractivity contribution in [2.45, 2.75) is 64.0 Å². The van der Waals surface area contributed by atoms with Crippen molar-refractivity contribution in [2.75, 3.05) is 0 Å². The van der Waals surface area contributed by atoms with Gasteiger partial charge in [0.15, 0.2) is 5.82 Å². The van der Waals surface area contributed by atoms with Gasteiger partial charge in [-0.25, -0.2) is 0 Å². The molecule has 1 aromatic heterocycles. The Morgan fingerprint density at radius 2 is 2.08 bits per heavy atom. The van der Waals surface area contributed by atoms with Crippen molar-refractivity contribution in [3.05, 3.63) is 47.0 Å². The summed E-state index contributed by atoms with van der Waals surface area (Å²) < 4.78 is 2.15. The van der Waals surface area contributed by atoms with E-state index in [4.69, 9.17) is 0 Å². The maximum absolute atomic E-state index is 13.1. The molecule has 2 aliphatic rings. The second kappa shape index (κ2) is 6.04. The lowest BCUT2D eigenvalue weighted by molar-refractivity contribution is -0.126. The molecule has 0 atom stereocenters. The quantitative estimate of drug-likeness (QED) is 0.940. The van der Waals surface area contributed by atoms with E-state index in [0.717, 1.165) is 62.3 Å². The highest BCUT2D eigenvalue weighted by Gasteiger charge is 2.42. The molecule has 0 saturated heterocycles. The molecule has 0 spiro atoms. The minimum atomic E-state index is -0.375. The van der Waals surface area contributed by atoms with Crippen LogP contribution in [-0.2, 0) is 29.7 Å². The third-order valence-corrected chi connectivity index (χ3v) is 5.56. The Hall–Kier alpha value is -2.17. The maximum Gasteiger partial charge on any atom is 0.231 e. The van der Waals surface area contributed by atoms with Gasteiger partial charge in [-0.2, -0.15) is 0 Å². The van der Waals surface area contributed by atoms with Crippen LogP contribution in [0.3, 0.4) is 0 Å². The summed E-state index contributed by atoms with van der Waals surface area (Å²) in [6.45, 7) is 3.53. The number of benzene rings is 1. The first-order valence-electron chi connectivity index (χ1n) is 8.95. The van der Waals surface area contributed by atoms with Gasteiger partial charge in [0.1, 0.15) is 5.82 Å². The number of amides is 1. The van der Waals surface area contributed by atoms with E-state index < -0.39 is 0 Å². The van der Waals surface area contributed by atoms with Gasteiger partial charge in [0.25, 0.3) is 0 Å². The molecule has 0 unspecified atom stereocenters. The van der Waals surface area contributed by atoms with Gasteiger partial charge in [0, 0.05) is 13.0 Å². The van der Waals surface area contributed by atoms with Crippen molar-refractivity contribution in [1.82, 2.24) is 20.1 Å². The van der Waals surface area contributed by atoms with Gasteiger partial charge < -0.3 is 9.88 Å². The van der Waals surface area contributed by atoms with E-state index in [2.05, 4.69) is 51.3 Å². The van der Waals surface area contributed by atoms with Crippen molar-refractivity contribution in [3.63, 3.8) is 0 Å². The fraction of sp³-hybridized carbons (Fsp3) is 0.526. The Morgan fingerprint density at radius 3 is 2.88 bits per heavy atom. The fourth-order valence-electron chi connectivity index (χ4n) is 4.24. The van der Waals surface area contributed by atoms with E-state index in [0.29, 0.717) is 6.54 Å². The van der Waals surface area contributed by atoms with Crippen molar-refractivity contribution < 1.29 is 4.79 Å². The standard InChI is InChI=1S/C19H24N4O/c1-14-6-4-7-15(12-14)19(9-2-3-10-19)18(24)20-13-17-22-21-16-8-5-11-23(16)17/h4,6-7,12H,2-3,5,8-11,13H2,1H3,(H,20,24). The second-order valence-electron chi connectivity index (χ2n) is 7.13. The molecule has 126 valence electrons. The molecule has 1 fully saturated rings. The molecule has 1 saturated carbocycles. The van der Waals surface area contributed by atoms with Crippen LogP contribution < -0.4 is 5.32 Å². The van der Waals surface area contributed by atoms with E-state index in [1.54, 1.807) is 0 Å². The number of nitrogens with zero attached hydrogens (tertiary/aromatic N) is 3. The summed E-state index contributed by atoms with van der Waals surface area (Å²) in [5.41, 5.74) is 1.99. The highest BCUT2D eigenvalue weighted by atomic mass is 16.2. The lowest BCUT2D eigenvalue weighted by Gasteiger charge is -2.28. The summed E-state index contributed by atoms with van der Waals surface area (Å²) in [5.74, 6) is 2.07. The summed E-state index contributed by atoms with van der Waals surface area (Å²) in [6.07, 6.45) is 6.21. The number of hydrogen-bond donors (Lipinski definition) is 1. The first kappa shape index (κ1) is 15.4. The summed E-state index contributed by atoms with van der Waals surface area (Å²) in [4.78, 5) is 13.1. The minimum absolute atomic E-state index is 0.140. The average Bonchev–Trinajstić information content (AvgIpc) is 3.30. The third-order valence-electron chi connectivity index (χ3n) is 5.56. The van der Waals surface area contributed by atoms with Gasteiger partial charge in [-0.3, -0.25) is 4.79 Å². The maximum atomic E-state index is 13.1. The summed E-state index contributed by atoms with van der Waals surface area (Å²) in [6, 6.07) is 8.42. The third kappa shape index (κ3) is 2.52. The van der Waals surface area contributed by atoms with Crippen LogP contribution in [0.4, 0.5) is 0 Å². The Balaban J connectivity index is 1.54. The summed E-state index contributed by atoms with van der Waals surface area (Å²) in [5, 5.41) is 11.6. The molecule has 0 bridgehead atoms. The van der Waals surface area contributed by atoms with Crippen LogP contribution in [0, 0.1) is 6.92 Å². The monoisotopic (exact) mass is 324 g/mol. The number of carbonyl (C=O) groups is 1. The lowest BCUT2D eigenvalue weighted by atomic mass is 9.77. The normalized spacial score (nSPS) is 18.5. The number of carbonyl (C=O) groups excluding carboxylic acids is 1. The molecule has 5 nitrogen and oxygen atoms in total. The van der Waals surface area contributed by atoms with Gasteiger partial charge in [-0.1, -0.05) is 42.7 Å². The van der Waals surface area contributed by atoms with Crippen LogP contribution in [0.1, 0.15) is 54.9 Å². The zero-order valence-corrected chi connectivity index (χ0v) is 14.2. The number of hydrogen-bond acceptors (Lipinski definition) is 3. The molecule has 5 heteroatoms. The van der Waals surface area contributed by atoms with Crippen LogP contribution in [0.15, 0.2) is 24.3 Å². The number of nitrogens with one attached hydrogen (secondary N) is 1. The number of rotatable bonds is 4. The summed E-state index contributed by atoms with van der Waals surface area (Å²) >= 11 is 0. The predicted octanol–water partition coefficient (Wildman–Crippen LogP) is 2.66. The zero-order valence-electron chi connectivity index (χ0n) is 14.2. The highest BCUT2D eigenvalue weighted by Crippen LogP contribution is 2.41. The van der Waals surface area contributed by atoms with Crippen LogP contribution in [0.5, 0.6) is 0 Å². The van der Waals surface area contributed by atoms with Gasteiger partial charge in [0.2, 0.25) is 5.91 Å². The average molecular weight is 324 g/mol. The molecule has 2 heterocycles. The van der Waals surface area contributed by atoms with E-state index >= 15 is 0 Å². The first-order chi connectivity index (χ1) is 11.7. The van der Waals surface area contributed by atoms with Crippen LogP contribution in [0.25, 0.3) is 0 Å². The minimum Gasteiger partial charge on any atom is -0.348 e. The van der Waals surface area contributed by atoms with Crippen LogP contribution in [-0.4, -0.2) is 20.7 Å². The van der Waals surface area contributed by atoms with Gasteiger partial charge >= 0.3 is 0 Å². The van der Waals surface area contributed by atoms with E-state index in [1.807, 2.05) is 0 Å². The Morgan fingerprint density at radius 1 is 1.25 bits per heavy atom. The molecular weight excluding hydrogens is 300 g/mol. The largest absolute Gasteiger partial charge is 0.348 e. The Kier molecular flexibility index (Phi) is 3.87. The van der Waals surface area contributed by atoms with Gasteiger partial charge in [0.05, 0.1) is 12.0 Å². The topological polar surface area (TPSA) is 59.8 Å². The predicted molar refractivity (Wildman–Crippen MR) is 91.5 cm³/mol. The van der Waals surface area contributed by atoms with Crippen LogP contribution in [0.2, 0.25) is 0 Å². The van der Waals surface area contributed by atoms with Crippen molar-refractivity contribution in [2.24, 2.45) is 0 Å². The molecule has 24 heavy (non-hydrogen) atoms. The molecule has 1 aliphatic carbocycles. The Labute approximate surface area is 142 Å². The second-order valence-corrected chi connectivity index (χ2v) is 7.13. The van der Waals surface area contributed by atoms with Gasteiger partial charge in [-0.05, 0) is 31.7 Å². The molecular formula is C19H24N4O. The lowest BCUT2D eigenvalue weighted by Crippen LogP contribution is -2.42. The first-order valence-corrected chi connectivity index (χ1v) is 8.95. The highest BCUT2D eigenvalue weighted by molar-refractivity contribution is 5.88. The number of fused-ring (bicyclic) bond motifs is 1. The smallest absolute Gasteiger partial charge is 0.231 e. The van der Waals surface area contributed by atoms with Crippen molar-refractivity contribution in [3.8, 4) is 0 Å². The summed E-state index contributed by atoms with van der Waals surface area (Å²) in [7, 11) is 0. The van der Waals surface area contributed by atoms with Crippen molar-refractivity contribution >= 4 is 5.91 Å².